The fourth-order valence-electron chi connectivity index (χ4n) is 2.44. The van der Waals surface area contributed by atoms with Crippen molar-refractivity contribution in [3.63, 3.8) is 0 Å². The molecule has 1 aromatic heterocycles. The van der Waals surface area contributed by atoms with Gasteiger partial charge in [-0.2, -0.15) is 5.10 Å². The van der Waals surface area contributed by atoms with Crippen LogP contribution in [0.5, 0.6) is 0 Å². The highest BCUT2D eigenvalue weighted by atomic mass is 16.5. The molecule has 0 atom stereocenters. The van der Waals surface area contributed by atoms with Crippen LogP contribution in [0.15, 0.2) is 48.5 Å². The lowest BCUT2D eigenvalue weighted by atomic mass is 10.1. The molecule has 4 heteroatoms. The van der Waals surface area contributed by atoms with Gasteiger partial charge in [0.2, 0.25) is 0 Å². The summed E-state index contributed by atoms with van der Waals surface area (Å²) in [6.45, 7) is 2.70. The average molecular weight is 280 g/mol. The highest BCUT2D eigenvalue weighted by molar-refractivity contribution is 6.02. The molecule has 0 spiro atoms. The van der Waals surface area contributed by atoms with Crippen molar-refractivity contribution in [3.8, 4) is 0 Å². The first kappa shape index (κ1) is 13.4. The Morgan fingerprint density at radius 2 is 1.86 bits per heavy atom. The van der Waals surface area contributed by atoms with Gasteiger partial charge in [-0.1, -0.05) is 42.5 Å². The zero-order valence-electron chi connectivity index (χ0n) is 12.0. The van der Waals surface area contributed by atoms with E-state index in [4.69, 9.17) is 4.74 Å². The van der Waals surface area contributed by atoms with Crippen molar-refractivity contribution in [1.82, 2.24) is 9.78 Å². The van der Waals surface area contributed by atoms with Gasteiger partial charge in [0.1, 0.15) is 0 Å². The molecule has 1 heterocycles. The molecule has 0 N–H and O–H groups in total. The summed E-state index contributed by atoms with van der Waals surface area (Å²) in [4.78, 5) is 11.9. The summed E-state index contributed by atoms with van der Waals surface area (Å²) in [5, 5.41) is 5.26. The molecular formula is C17H16N2O2. The van der Waals surface area contributed by atoms with Crippen molar-refractivity contribution in [3.05, 3.63) is 65.4 Å². The first-order valence-electron chi connectivity index (χ1n) is 6.79. The molecule has 0 aliphatic carbocycles. The molecule has 0 saturated carbocycles. The van der Waals surface area contributed by atoms with E-state index >= 15 is 0 Å². The molecule has 0 amide bonds. The minimum absolute atomic E-state index is 0.363. The Hall–Kier alpha value is -2.62. The predicted octanol–water partition coefficient (Wildman–Crippen LogP) is 3.18. The summed E-state index contributed by atoms with van der Waals surface area (Å²) in [6.07, 6.45) is 0. The van der Waals surface area contributed by atoms with Crippen LogP contribution in [0.4, 0.5) is 0 Å². The van der Waals surface area contributed by atoms with Gasteiger partial charge >= 0.3 is 5.97 Å². The van der Waals surface area contributed by atoms with Crippen LogP contribution in [0.2, 0.25) is 0 Å². The van der Waals surface area contributed by atoms with Crippen LogP contribution < -0.4 is 0 Å². The predicted molar refractivity (Wildman–Crippen MR) is 81.4 cm³/mol. The molecular weight excluding hydrogens is 264 g/mol. The standard InChI is InChI=1S/C17H16N2O2/c1-12-7-3-4-8-13(12)11-19-15-10-6-5-9-14(15)16(18-19)17(20)21-2/h3-10H,11H2,1-2H3. The minimum atomic E-state index is -0.408. The Bertz CT molecular complexity index is 805. The van der Waals surface area contributed by atoms with Gasteiger partial charge < -0.3 is 4.74 Å². The number of esters is 1. The van der Waals surface area contributed by atoms with E-state index in [0.717, 1.165) is 10.9 Å². The Morgan fingerprint density at radius 1 is 1.14 bits per heavy atom. The molecule has 0 unspecified atom stereocenters. The molecule has 0 bridgehead atoms. The topological polar surface area (TPSA) is 44.1 Å². The molecule has 0 saturated heterocycles. The number of nitrogens with zero attached hydrogens (tertiary/aromatic N) is 2. The highest BCUT2D eigenvalue weighted by Crippen LogP contribution is 2.21. The van der Waals surface area contributed by atoms with E-state index in [1.54, 1.807) is 0 Å². The second kappa shape index (κ2) is 5.40. The number of aromatic nitrogens is 2. The van der Waals surface area contributed by atoms with Crippen molar-refractivity contribution in [2.75, 3.05) is 7.11 Å². The minimum Gasteiger partial charge on any atom is -0.464 e. The van der Waals surface area contributed by atoms with Crippen LogP contribution in [-0.2, 0) is 11.3 Å². The second-order valence-electron chi connectivity index (χ2n) is 4.94. The van der Waals surface area contributed by atoms with E-state index < -0.39 is 5.97 Å². The summed E-state index contributed by atoms with van der Waals surface area (Å²) in [5.41, 5.74) is 3.68. The summed E-state index contributed by atoms with van der Waals surface area (Å²) in [5.74, 6) is -0.408. The number of hydrogen-bond acceptors (Lipinski definition) is 3. The van der Waals surface area contributed by atoms with E-state index in [-0.39, 0.29) is 0 Å². The van der Waals surface area contributed by atoms with Crippen molar-refractivity contribution in [2.24, 2.45) is 0 Å². The molecule has 4 nitrogen and oxygen atoms in total. The Balaban J connectivity index is 2.11. The zero-order valence-corrected chi connectivity index (χ0v) is 12.0. The highest BCUT2D eigenvalue weighted by Gasteiger charge is 2.17. The third kappa shape index (κ3) is 2.40. The molecule has 3 aromatic rings. The summed E-state index contributed by atoms with van der Waals surface area (Å²) in [6, 6.07) is 15.9. The lowest BCUT2D eigenvalue weighted by molar-refractivity contribution is 0.0595. The van der Waals surface area contributed by atoms with Crippen LogP contribution in [0.3, 0.4) is 0 Å². The van der Waals surface area contributed by atoms with Gasteiger partial charge in [-0.15, -0.1) is 0 Å². The molecule has 2 aromatic carbocycles. The van der Waals surface area contributed by atoms with Gasteiger partial charge in [0.05, 0.1) is 19.2 Å². The van der Waals surface area contributed by atoms with E-state index in [2.05, 4.69) is 24.2 Å². The molecule has 3 rings (SSSR count). The first-order valence-corrected chi connectivity index (χ1v) is 6.79. The monoisotopic (exact) mass is 280 g/mol. The number of ether oxygens (including phenoxy) is 1. The average Bonchev–Trinajstić information content (AvgIpc) is 2.88. The van der Waals surface area contributed by atoms with Crippen LogP contribution in [0.25, 0.3) is 10.9 Å². The summed E-state index contributed by atoms with van der Waals surface area (Å²) in [7, 11) is 1.37. The number of hydrogen-bond donors (Lipinski definition) is 0. The number of carbonyl (C=O) groups excluding carboxylic acids is 1. The van der Waals surface area contributed by atoms with Crippen molar-refractivity contribution < 1.29 is 9.53 Å². The van der Waals surface area contributed by atoms with E-state index in [1.807, 2.05) is 41.1 Å². The van der Waals surface area contributed by atoms with Gasteiger partial charge in [-0.3, -0.25) is 4.68 Å². The largest absolute Gasteiger partial charge is 0.464 e. The first-order chi connectivity index (χ1) is 10.2. The van der Waals surface area contributed by atoms with Gasteiger partial charge in [-0.05, 0) is 24.1 Å². The lowest BCUT2D eigenvalue weighted by Gasteiger charge is -2.06. The number of rotatable bonds is 3. The number of carbonyl (C=O) groups is 1. The van der Waals surface area contributed by atoms with Crippen LogP contribution in [0.1, 0.15) is 21.6 Å². The third-order valence-corrected chi connectivity index (χ3v) is 3.62. The van der Waals surface area contributed by atoms with Gasteiger partial charge in [0.15, 0.2) is 5.69 Å². The maximum Gasteiger partial charge on any atom is 0.359 e. The molecule has 21 heavy (non-hydrogen) atoms. The molecule has 106 valence electrons. The van der Waals surface area contributed by atoms with Crippen LogP contribution in [-0.4, -0.2) is 22.9 Å². The van der Waals surface area contributed by atoms with E-state index in [0.29, 0.717) is 12.2 Å². The Morgan fingerprint density at radius 3 is 2.62 bits per heavy atom. The smallest absolute Gasteiger partial charge is 0.359 e. The fourth-order valence-corrected chi connectivity index (χ4v) is 2.44. The Labute approximate surface area is 123 Å². The van der Waals surface area contributed by atoms with Crippen molar-refractivity contribution in [1.29, 1.82) is 0 Å². The number of methoxy groups -OCH3 is 1. The number of benzene rings is 2. The summed E-state index contributed by atoms with van der Waals surface area (Å²) < 4.78 is 6.67. The van der Waals surface area contributed by atoms with Crippen LogP contribution >= 0.6 is 0 Å². The molecule has 0 aliphatic heterocycles. The quantitative estimate of drug-likeness (QED) is 0.692. The number of para-hydroxylation sites is 1. The maximum atomic E-state index is 11.9. The SMILES string of the molecule is COC(=O)c1nn(Cc2ccccc2C)c2ccccc12. The van der Waals surface area contributed by atoms with Crippen LogP contribution in [0, 0.1) is 6.92 Å². The second-order valence-corrected chi connectivity index (χ2v) is 4.94. The molecule has 0 radical (unpaired) electrons. The molecule has 0 fully saturated rings. The number of aryl methyl sites for hydroxylation is 1. The third-order valence-electron chi connectivity index (χ3n) is 3.62. The van der Waals surface area contributed by atoms with Gasteiger partial charge in [-0.25, -0.2) is 4.79 Å². The van der Waals surface area contributed by atoms with E-state index in [9.17, 15) is 4.79 Å². The van der Waals surface area contributed by atoms with E-state index in [1.165, 1.54) is 18.2 Å². The zero-order chi connectivity index (χ0) is 14.8. The maximum absolute atomic E-state index is 11.9. The van der Waals surface area contributed by atoms with Crippen molar-refractivity contribution in [2.45, 2.75) is 13.5 Å². The van der Waals surface area contributed by atoms with Gasteiger partial charge in [0, 0.05) is 5.39 Å². The normalized spacial score (nSPS) is 10.8. The lowest BCUT2D eigenvalue weighted by Crippen LogP contribution is -2.07. The Kier molecular flexibility index (Phi) is 3.44. The summed E-state index contributed by atoms with van der Waals surface area (Å²) >= 11 is 0. The van der Waals surface area contributed by atoms with Gasteiger partial charge in [0.25, 0.3) is 0 Å². The molecule has 0 aliphatic rings. The fraction of sp³-hybridized carbons (Fsp3) is 0.176. The number of fused-ring (bicyclic) bond motifs is 1. The van der Waals surface area contributed by atoms with Crippen molar-refractivity contribution >= 4 is 16.9 Å².